The van der Waals surface area contributed by atoms with Crippen molar-refractivity contribution >= 4 is 56.7 Å². The fourth-order valence-electron chi connectivity index (χ4n) is 16.1. The topological polar surface area (TPSA) is 19.4 Å². The number of benzene rings is 11. The summed E-state index contributed by atoms with van der Waals surface area (Å²) in [6, 6.07) is 108. The summed E-state index contributed by atoms with van der Waals surface area (Å²) < 4.78 is 12.1. The number of hydrogen-bond acceptors (Lipinski definition) is 5. The molecular weight excluding hydrogens is 1480 g/mol. The Morgan fingerprint density at radius 2 is 0.412 bits per heavy atom. The number of rotatable bonds is 13. The zero-order valence-electron chi connectivity index (χ0n) is 68.2. The minimum Gasteiger partial charge on any atom is -0.147 e. The van der Waals surface area contributed by atoms with Gasteiger partial charge in [-0.2, -0.15) is 0 Å². The van der Waals surface area contributed by atoms with Crippen molar-refractivity contribution < 1.29 is 22.8 Å². The summed E-state index contributed by atoms with van der Waals surface area (Å²) in [5, 5.41) is 6.60. The van der Waals surface area contributed by atoms with Gasteiger partial charge in [0, 0.05) is 92.8 Å². The largest absolute Gasteiger partial charge is 0.275 e. The predicted octanol–water partition coefficient (Wildman–Crippen LogP) is 27.5. The van der Waals surface area contributed by atoms with Crippen molar-refractivity contribution in [3.8, 4) is 91.7 Å². The molecule has 0 radical (unpaired) electrons. The maximum Gasteiger partial charge on any atom is 0.275 e. The van der Waals surface area contributed by atoms with Crippen LogP contribution < -0.4 is 22.8 Å². The summed E-state index contributed by atoms with van der Waals surface area (Å²) in [4.78, 5) is 7.25. The Labute approximate surface area is 697 Å². The molecule has 0 spiro atoms. The monoisotopic (exact) mass is 1580 g/mol. The Balaban J connectivity index is 0.000000118. The molecule has 0 N–H and O–H groups in total. The van der Waals surface area contributed by atoms with Crippen molar-refractivity contribution in [3.05, 3.63) is 379 Å². The summed E-state index contributed by atoms with van der Waals surface area (Å²) in [6.45, 7) is 26.6. The molecule has 5 nitrogen and oxygen atoms in total. The van der Waals surface area contributed by atoms with Gasteiger partial charge in [-0.15, -0.1) is 22.8 Å². The van der Waals surface area contributed by atoms with Gasteiger partial charge in [0.05, 0.1) is 47.3 Å². The van der Waals surface area contributed by atoms with Crippen LogP contribution in [-0.4, -0.2) is 0 Å². The fraction of sp³-hybridized carbons (Fsp3) is 0.221. The van der Waals surface area contributed by atoms with Crippen LogP contribution in [-0.2, 0) is 0 Å². The Morgan fingerprint density at radius 3 is 0.684 bits per heavy atom. The van der Waals surface area contributed by atoms with E-state index in [0.717, 1.165) is 11.8 Å². The highest BCUT2D eigenvalue weighted by molar-refractivity contribution is 7.18. The molecule has 2 aliphatic rings. The zero-order valence-corrected chi connectivity index (χ0v) is 72.2. The highest BCUT2D eigenvalue weighted by Crippen LogP contribution is 2.43. The number of aryl methyl sites for hydroxylation is 7. The quantitative estimate of drug-likeness (QED) is 0.103. The van der Waals surface area contributed by atoms with E-state index in [4.69, 9.17) is 0 Å². The molecule has 0 bridgehead atoms. The Morgan fingerprint density at radius 1 is 0.202 bits per heavy atom. The minimum atomic E-state index is 0.742. The number of para-hydroxylation sites is 5. The third-order valence-electron chi connectivity index (χ3n) is 22.5. The summed E-state index contributed by atoms with van der Waals surface area (Å²) >= 11 is 9.60. The highest BCUT2D eigenvalue weighted by Gasteiger charge is 2.36. The molecule has 0 amide bonds. The van der Waals surface area contributed by atoms with Crippen molar-refractivity contribution in [1.29, 1.82) is 0 Å². The highest BCUT2D eigenvalue weighted by atomic mass is 32.1. The maximum absolute atomic E-state index is 2.50. The van der Waals surface area contributed by atoms with Crippen molar-refractivity contribution in [2.45, 2.75) is 153 Å². The Kier molecular flexibility index (Phi) is 26.5. The molecule has 18 rings (SSSR count). The van der Waals surface area contributed by atoms with Gasteiger partial charge in [-0.1, -0.05) is 301 Å². The molecular formula is C104H106N5S5+5. The summed E-state index contributed by atoms with van der Waals surface area (Å²) in [5.41, 5.74) is 27.5. The Hall–Kier alpha value is -10.4. The van der Waals surface area contributed by atoms with Crippen LogP contribution >= 0.6 is 56.7 Å². The maximum atomic E-state index is 2.50. The van der Waals surface area contributed by atoms with E-state index in [-0.39, 0.29) is 0 Å². The van der Waals surface area contributed by atoms with Gasteiger partial charge in [0.1, 0.15) is 4.88 Å². The molecule has 16 aromatic rings. The average molecular weight is 1590 g/mol. The lowest BCUT2D eigenvalue weighted by Crippen LogP contribution is -2.35. The normalized spacial score (nSPS) is 12.7. The van der Waals surface area contributed by atoms with Gasteiger partial charge < -0.3 is 0 Å². The molecule has 5 aromatic heterocycles. The SMILES string of the molecule is Cc1ccccc1-[n+]1c(-c2ccccc2)sc(-c2ccccc2)c1C.Cc1ccccc1-[n+]1c(-c2ccccc2)sc(C)c1C.Cc1ccccc1-[n+]1c(-c2ccccc2)sc(C)c1C.Cc1ccccc1-[n+]1c(-c2ccccc2)sc(C2CCCC2)c1C.Cc1ccccc1-[n+]1c(-c2ccccc2)sc(C2CCCCC2)c1C. The van der Waals surface area contributed by atoms with E-state index in [1.54, 1.807) is 9.75 Å². The van der Waals surface area contributed by atoms with Crippen molar-refractivity contribution in [1.82, 2.24) is 0 Å². The lowest BCUT2D eigenvalue weighted by atomic mass is 9.87. The van der Waals surface area contributed by atoms with Gasteiger partial charge in [-0.3, -0.25) is 0 Å². The van der Waals surface area contributed by atoms with Gasteiger partial charge in [0.25, 0.3) is 25.0 Å². The molecule has 0 unspecified atom stereocenters. The van der Waals surface area contributed by atoms with Crippen LogP contribution in [0.5, 0.6) is 0 Å². The van der Waals surface area contributed by atoms with Crippen molar-refractivity contribution in [2.24, 2.45) is 0 Å². The standard InChI is InChI=1S/C23H26NS.C23H20NS.C22H24NS.2C18H18NS/c2*1-17-11-9-10-16-21(17)24-18(2)22(19-12-5-3-6-13-19)25-23(24)20-14-7-4-8-15-20;1-16-10-6-9-15-20(16)23-17(2)21(18-11-7-8-12-18)24-22(23)19-13-4-3-5-14-19;2*1-13-9-7-8-12-17(13)19-14(2)15(3)20-18(19)16-10-5-4-6-11-16/h4,7-11,14-16,19H,3,5-6,12-13H2,1-2H3;3-16H,1-2H3;3-6,9-10,13-15,18H,7-8,11-12H2,1-2H3;2*4-12H,1-3H3/q5*+1. The van der Waals surface area contributed by atoms with Gasteiger partial charge >= 0.3 is 0 Å². The van der Waals surface area contributed by atoms with Crippen LogP contribution in [0.25, 0.3) is 91.7 Å². The summed E-state index contributed by atoms with van der Waals surface area (Å²) in [6.07, 6.45) is 12.3. The second-order valence-electron chi connectivity index (χ2n) is 30.3. The molecule has 2 fully saturated rings. The number of aromatic nitrogens is 5. The van der Waals surface area contributed by atoms with Crippen LogP contribution in [0, 0.1) is 83.1 Å². The van der Waals surface area contributed by atoms with Gasteiger partial charge in [0.15, 0.2) is 22.8 Å². The first-order valence-electron chi connectivity index (χ1n) is 40.5. The van der Waals surface area contributed by atoms with Crippen molar-refractivity contribution in [3.63, 3.8) is 0 Å². The third kappa shape index (κ3) is 17.9. The molecule has 572 valence electrons. The second-order valence-corrected chi connectivity index (χ2v) is 35.7. The first-order valence-corrected chi connectivity index (χ1v) is 44.5. The van der Waals surface area contributed by atoms with E-state index < -0.39 is 0 Å². The van der Waals surface area contributed by atoms with Gasteiger partial charge in [-0.25, -0.2) is 0 Å². The number of thiazole rings is 5. The molecule has 5 heterocycles. The van der Waals surface area contributed by atoms with E-state index in [9.17, 15) is 0 Å². The van der Waals surface area contributed by atoms with E-state index in [2.05, 4.69) is 409 Å². The molecule has 0 saturated heterocycles. The van der Waals surface area contributed by atoms with Crippen molar-refractivity contribution in [2.75, 3.05) is 0 Å². The van der Waals surface area contributed by atoms with Crippen LogP contribution in [0.2, 0.25) is 0 Å². The van der Waals surface area contributed by atoms with Crippen LogP contribution in [0.15, 0.2) is 303 Å². The van der Waals surface area contributed by atoms with Gasteiger partial charge in [0.2, 0.25) is 34.1 Å². The minimum absolute atomic E-state index is 0.742. The molecule has 2 aliphatic carbocycles. The third-order valence-corrected chi connectivity index (χ3v) is 29.2. The summed E-state index contributed by atoms with van der Waals surface area (Å²) in [7, 11) is 0. The lowest BCUT2D eigenvalue weighted by Gasteiger charge is -2.19. The van der Waals surface area contributed by atoms with Crippen LogP contribution in [0.3, 0.4) is 0 Å². The predicted molar refractivity (Wildman–Crippen MR) is 486 cm³/mol. The molecule has 114 heavy (non-hydrogen) atoms. The first-order chi connectivity index (χ1) is 55.6. The van der Waals surface area contributed by atoms with E-state index in [0.29, 0.717) is 0 Å². The van der Waals surface area contributed by atoms with Crippen LogP contribution in [0.1, 0.15) is 145 Å². The molecule has 0 aliphatic heterocycles. The zero-order chi connectivity index (χ0) is 79.2. The van der Waals surface area contributed by atoms with E-state index in [1.807, 2.05) is 56.7 Å². The average Bonchev–Trinajstić information content (AvgIpc) is 1.65. The Bertz CT molecular complexity index is 5730. The fourth-order valence-corrected chi connectivity index (χ4v) is 22.5. The smallest absolute Gasteiger partial charge is 0.147 e. The molecule has 0 atom stereocenters. The first kappa shape index (κ1) is 80.2. The van der Waals surface area contributed by atoms with E-state index in [1.165, 1.54) is 216 Å². The summed E-state index contributed by atoms with van der Waals surface area (Å²) in [5.74, 6) is 1.49. The second kappa shape index (κ2) is 37.7. The molecule has 10 heteroatoms. The van der Waals surface area contributed by atoms with Crippen LogP contribution in [0.4, 0.5) is 0 Å². The van der Waals surface area contributed by atoms with E-state index >= 15 is 0 Å². The number of hydrogen-bond donors (Lipinski definition) is 0. The van der Waals surface area contributed by atoms with Gasteiger partial charge in [-0.05, 0) is 152 Å². The molecule has 11 aromatic carbocycles. The number of nitrogens with zero attached hydrogens (tertiary/aromatic N) is 5. The lowest BCUT2D eigenvalue weighted by molar-refractivity contribution is -0.587. The molecule has 2 saturated carbocycles.